The van der Waals surface area contributed by atoms with E-state index < -0.39 is 0 Å². The van der Waals surface area contributed by atoms with Gasteiger partial charge >= 0.3 is 5.97 Å². The average Bonchev–Trinajstić information content (AvgIpc) is 2.77. The quantitative estimate of drug-likeness (QED) is 0.588. The lowest BCUT2D eigenvalue weighted by molar-refractivity contribution is -0.143. The van der Waals surface area contributed by atoms with Crippen LogP contribution >= 0.6 is 11.3 Å². The van der Waals surface area contributed by atoms with E-state index in [0.29, 0.717) is 13.2 Å². The molecule has 0 radical (unpaired) electrons. The second-order valence-electron chi connectivity index (χ2n) is 2.92. The van der Waals surface area contributed by atoms with Crippen LogP contribution in [0.15, 0.2) is 17.5 Å². The number of methoxy groups -OCH3 is 2. The molecule has 15 heavy (non-hydrogen) atoms. The summed E-state index contributed by atoms with van der Waals surface area (Å²) in [7, 11) is 3.01. The molecular weight excluding hydrogens is 214 g/mol. The van der Waals surface area contributed by atoms with Gasteiger partial charge in [0.15, 0.2) is 0 Å². The number of carbonyl (C=O) groups is 1. The molecule has 4 nitrogen and oxygen atoms in total. The van der Waals surface area contributed by atoms with Gasteiger partial charge in [-0.15, -0.1) is 11.3 Å². The molecule has 0 amide bonds. The maximum Gasteiger partial charge on any atom is 0.328 e. The molecule has 0 aliphatic carbocycles. The van der Waals surface area contributed by atoms with Crippen LogP contribution in [0.4, 0.5) is 0 Å². The minimum Gasteiger partial charge on any atom is -0.468 e. The van der Waals surface area contributed by atoms with Crippen molar-refractivity contribution in [1.29, 1.82) is 0 Å². The molecule has 0 aromatic carbocycles. The van der Waals surface area contributed by atoms with Gasteiger partial charge in [0.25, 0.3) is 0 Å². The van der Waals surface area contributed by atoms with Crippen molar-refractivity contribution < 1.29 is 14.3 Å². The zero-order chi connectivity index (χ0) is 11.1. The van der Waals surface area contributed by atoms with E-state index in [-0.39, 0.29) is 12.0 Å². The Kier molecular flexibility index (Phi) is 5.31. The Morgan fingerprint density at radius 2 is 2.40 bits per heavy atom. The van der Waals surface area contributed by atoms with E-state index in [1.54, 1.807) is 7.11 Å². The fraction of sp³-hybridized carbons (Fsp3) is 0.500. The first-order valence-electron chi connectivity index (χ1n) is 4.63. The number of thiophene rings is 1. The van der Waals surface area contributed by atoms with Gasteiger partial charge < -0.3 is 9.47 Å². The van der Waals surface area contributed by atoms with Crippen molar-refractivity contribution in [3.63, 3.8) is 0 Å². The van der Waals surface area contributed by atoms with Crippen molar-refractivity contribution in [2.75, 3.05) is 27.4 Å². The third-order valence-corrected chi connectivity index (χ3v) is 2.86. The van der Waals surface area contributed by atoms with Crippen LogP contribution in [0, 0.1) is 0 Å². The maximum atomic E-state index is 11.5. The summed E-state index contributed by atoms with van der Waals surface area (Å²) in [6, 6.07) is 3.44. The molecule has 1 N–H and O–H groups in total. The molecule has 1 atom stereocenters. The van der Waals surface area contributed by atoms with Crippen LogP contribution in [-0.4, -0.2) is 33.3 Å². The van der Waals surface area contributed by atoms with Crippen LogP contribution in [0.25, 0.3) is 0 Å². The summed E-state index contributed by atoms with van der Waals surface area (Å²) in [5.41, 5.74) is 0. The Bertz CT molecular complexity index is 287. The lowest BCUT2D eigenvalue weighted by Crippen LogP contribution is -2.31. The van der Waals surface area contributed by atoms with Gasteiger partial charge in [-0.1, -0.05) is 6.07 Å². The summed E-state index contributed by atoms with van der Waals surface area (Å²) < 4.78 is 9.64. The Hall–Kier alpha value is -0.910. The van der Waals surface area contributed by atoms with E-state index in [0.717, 1.165) is 4.88 Å². The van der Waals surface area contributed by atoms with Gasteiger partial charge in [-0.05, 0) is 11.4 Å². The summed E-state index contributed by atoms with van der Waals surface area (Å²) in [6.07, 6.45) is 0. The third kappa shape index (κ3) is 3.62. The summed E-state index contributed by atoms with van der Waals surface area (Å²) in [5, 5.41) is 5.02. The predicted octanol–water partition coefficient (Wildman–Crippen LogP) is 1.20. The molecule has 0 fully saturated rings. The maximum absolute atomic E-state index is 11.5. The average molecular weight is 229 g/mol. The highest BCUT2D eigenvalue weighted by Gasteiger charge is 2.21. The number of carbonyl (C=O) groups excluding carboxylic acids is 1. The molecule has 1 heterocycles. The van der Waals surface area contributed by atoms with E-state index in [1.165, 1.54) is 18.4 Å². The van der Waals surface area contributed by atoms with Crippen LogP contribution in [0.5, 0.6) is 0 Å². The van der Waals surface area contributed by atoms with E-state index in [1.807, 2.05) is 17.5 Å². The standard InChI is InChI=1S/C10H15NO3S/c1-13-6-5-11-9(10(12)14-2)8-4-3-7-15-8/h3-4,7,9,11H,5-6H2,1-2H3. The first kappa shape index (κ1) is 12.2. The third-order valence-electron chi connectivity index (χ3n) is 1.92. The summed E-state index contributed by atoms with van der Waals surface area (Å²) in [5.74, 6) is -0.270. The van der Waals surface area contributed by atoms with Crippen LogP contribution in [0.2, 0.25) is 0 Å². The van der Waals surface area contributed by atoms with Crippen molar-refractivity contribution in [3.8, 4) is 0 Å². The van der Waals surface area contributed by atoms with Crippen LogP contribution < -0.4 is 5.32 Å². The first-order valence-corrected chi connectivity index (χ1v) is 5.51. The molecule has 0 saturated carbocycles. The Balaban J connectivity index is 2.58. The molecule has 1 unspecified atom stereocenters. The summed E-state index contributed by atoms with van der Waals surface area (Å²) >= 11 is 1.53. The lowest BCUT2D eigenvalue weighted by atomic mass is 10.2. The monoisotopic (exact) mass is 229 g/mol. The van der Waals surface area contributed by atoms with Gasteiger partial charge in [0.1, 0.15) is 6.04 Å². The molecule has 1 aromatic rings. The van der Waals surface area contributed by atoms with Gasteiger partial charge in [0, 0.05) is 18.5 Å². The molecule has 0 spiro atoms. The summed E-state index contributed by atoms with van der Waals surface area (Å²) in [6.45, 7) is 1.19. The van der Waals surface area contributed by atoms with Gasteiger partial charge in [0.05, 0.1) is 13.7 Å². The summed E-state index contributed by atoms with van der Waals surface area (Å²) in [4.78, 5) is 12.4. The molecule has 0 aliphatic heterocycles. The van der Waals surface area contributed by atoms with Gasteiger partial charge in [0.2, 0.25) is 0 Å². The van der Waals surface area contributed by atoms with Crippen molar-refractivity contribution in [1.82, 2.24) is 5.32 Å². The first-order chi connectivity index (χ1) is 7.29. The number of hydrogen-bond donors (Lipinski definition) is 1. The zero-order valence-corrected chi connectivity index (χ0v) is 9.67. The Morgan fingerprint density at radius 1 is 1.60 bits per heavy atom. The smallest absolute Gasteiger partial charge is 0.328 e. The number of ether oxygens (including phenoxy) is 2. The van der Waals surface area contributed by atoms with Crippen molar-refractivity contribution in [2.24, 2.45) is 0 Å². The highest BCUT2D eigenvalue weighted by atomic mass is 32.1. The van der Waals surface area contributed by atoms with Crippen molar-refractivity contribution in [3.05, 3.63) is 22.4 Å². The fourth-order valence-corrected chi connectivity index (χ4v) is 1.97. The minimum atomic E-state index is -0.384. The highest BCUT2D eigenvalue weighted by Crippen LogP contribution is 2.19. The van der Waals surface area contributed by atoms with E-state index in [9.17, 15) is 4.79 Å². The molecular formula is C10H15NO3S. The Labute approximate surface area is 93.2 Å². The van der Waals surface area contributed by atoms with Crippen LogP contribution in [-0.2, 0) is 14.3 Å². The van der Waals surface area contributed by atoms with E-state index >= 15 is 0 Å². The predicted molar refractivity (Wildman–Crippen MR) is 59.0 cm³/mol. The molecule has 0 bridgehead atoms. The second kappa shape index (κ2) is 6.55. The van der Waals surface area contributed by atoms with Gasteiger partial charge in [-0.3, -0.25) is 5.32 Å². The Morgan fingerprint density at radius 3 is 2.93 bits per heavy atom. The number of rotatable bonds is 6. The van der Waals surface area contributed by atoms with E-state index in [4.69, 9.17) is 9.47 Å². The van der Waals surface area contributed by atoms with Crippen molar-refractivity contribution in [2.45, 2.75) is 6.04 Å². The minimum absolute atomic E-state index is 0.270. The lowest BCUT2D eigenvalue weighted by Gasteiger charge is -2.14. The normalized spacial score (nSPS) is 12.4. The molecule has 1 rings (SSSR count). The van der Waals surface area contributed by atoms with Crippen LogP contribution in [0.3, 0.4) is 0 Å². The highest BCUT2D eigenvalue weighted by molar-refractivity contribution is 7.10. The van der Waals surface area contributed by atoms with Gasteiger partial charge in [-0.2, -0.15) is 0 Å². The molecule has 5 heteroatoms. The molecule has 0 saturated heterocycles. The molecule has 84 valence electrons. The molecule has 1 aromatic heterocycles. The number of hydrogen-bond acceptors (Lipinski definition) is 5. The second-order valence-corrected chi connectivity index (χ2v) is 3.90. The van der Waals surface area contributed by atoms with Crippen molar-refractivity contribution >= 4 is 17.3 Å². The molecule has 0 aliphatic rings. The fourth-order valence-electron chi connectivity index (χ4n) is 1.18. The number of esters is 1. The SMILES string of the molecule is COCCNC(C(=O)OC)c1cccs1. The van der Waals surface area contributed by atoms with Crippen LogP contribution in [0.1, 0.15) is 10.9 Å². The number of nitrogens with one attached hydrogen (secondary N) is 1. The van der Waals surface area contributed by atoms with Gasteiger partial charge in [-0.25, -0.2) is 4.79 Å². The zero-order valence-electron chi connectivity index (χ0n) is 8.86. The topological polar surface area (TPSA) is 47.6 Å². The largest absolute Gasteiger partial charge is 0.468 e. The van der Waals surface area contributed by atoms with E-state index in [2.05, 4.69) is 5.32 Å².